The van der Waals surface area contributed by atoms with Crippen LogP contribution in [0.5, 0.6) is 5.75 Å². The molecule has 3 N–H and O–H groups in total. The molecule has 130 valence electrons. The maximum atomic E-state index is 11.7. The molecule has 0 radical (unpaired) electrons. The zero-order chi connectivity index (χ0) is 17.5. The highest BCUT2D eigenvalue weighted by molar-refractivity contribution is 5.94. The van der Waals surface area contributed by atoms with Crippen LogP contribution in [0.4, 0.5) is 5.69 Å². The van der Waals surface area contributed by atoms with Crippen molar-refractivity contribution in [3.63, 3.8) is 0 Å². The zero-order valence-corrected chi connectivity index (χ0v) is 14.0. The lowest BCUT2D eigenvalue weighted by molar-refractivity contribution is -0.125. The van der Waals surface area contributed by atoms with E-state index in [1.54, 1.807) is 12.1 Å². The number of hydrogen-bond acceptors (Lipinski definition) is 4. The third kappa shape index (κ3) is 5.26. The number of anilines is 1. The van der Waals surface area contributed by atoms with Crippen LogP contribution in [0.15, 0.2) is 18.2 Å². The van der Waals surface area contributed by atoms with E-state index >= 15 is 0 Å². The molecule has 0 saturated carbocycles. The number of rotatable bonds is 7. The van der Waals surface area contributed by atoms with Crippen molar-refractivity contribution in [2.24, 2.45) is 5.92 Å². The lowest BCUT2D eigenvalue weighted by Crippen LogP contribution is -2.38. The molecule has 7 heteroatoms. The van der Waals surface area contributed by atoms with Gasteiger partial charge in [0.05, 0.1) is 0 Å². The van der Waals surface area contributed by atoms with E-state index in [1.807, 2.05) is 19.9 Å². The van der Waals surface area contributed by atoms with Crippen LogP contribution in [0.1, 0.15) is 25.8 Å². The molecule has 0 unspecified atom stereocenters. The summed E-state index contributed by atoms with van der Waals surface area (Å²) in [5, 5.41) is 8.19. The largest absolute Gasteiger partial charge is 0.484 e. The summed E-state index contributed by atoms with van der Waals surface area (Å²) in [6, 6.07) is 5.34. The van der Waals surface area contributed by atoms with Gasteiger partial charge in [-0.25, -0.2) is 0 Å². The number of amides is 3. The molecule has 0 saturated heterocycles. The molecule has 1 aliphatic heterocycles. The highest BCUT2D eigenvalue weighted by atomic mass is 16.5. The monoisotopic (exact) mass is 333 g/mol. The van der Waals surface area contributed by atoms with Gasteiger partial charge in [-0.05, 0) is 30.2 Å². The maximum absolute atomic E-state index is 11.7. The van der Waals surface area contributed by atoms with Crippen molar-refractivity contribution in [3.8, 4) is 5.75 Å². The quantitative estimate of drug-likeness (QED) is 0.644. The zero-order valence-electron chi connectivity index (χ0n) is 14.0. The van der Waals surface area contributed by atoms with E-state index in [-0.39, 0.29) is 30.2 Å². The van der Waals surface area contributed by atoms with Crippen molar-refractivity contribution in [3.05, 3.63) is 23.8 Å². The number of ether oxygens (including phenoxy) is 1. The van der Waals surface area contributed by atoms with Crippen molar-refractivity contribution < 1.29 is 19.1 Å². The molecule has 0 bridgehead atoms. The number of benzene rings is 1. The summed E-state index contributed by atoms with van der Waals surface area (Å²) in [6.45, 7) is 4.28. The van der Waals surface area contributed by atoms with E-state index in [9.17, 15) is 14.4 Å². The third-order valence-electron chi connectivity index (χ3n) is 3.61. The Morgan fingerprint density at radius 1 is 1.21 bits per heavy atom. The van der Waals surface area contributed by atoms with E-state index in [1.165, 1.54) is 0 Å². The lowest BCUT2D eigenvalue weighted by atomic mass is 10.0. The van der Waals surface area contributed by atoms with Gasteiger partial charge in [-0.15, -0.1) is 0 Å². The number of fused-ring (bicyclic) bond motifs is 1. The second-order valence-electron chi connectivity index (χ2n) is 5.95. The molecule has 0 aromatic heterocycles. The van der Waals surface area contributed by atoms with Gasteiger partial charge >= 0.3 is 0 Å². The van der Waals surface area contributed by atoms with Crippen LogP contribution in [0, 0.1) is 5.92 Å². The predicted octanol–water partition coefficient (Wildman–Crippen LogP) is 0.839. The molecular formula is C17H23N3O4. The minimum Gasteiger partial charge on any atom is -0.484 e. The standard InChI is InChI=1S/C17H23N3O4/c1-11(2)17(23)19-8-7-18-16(22)10-24-13-4-5-14-12(9-13)3-6-15(21)20-14/h4-5,9,11H,3,6-8,10H2,1-2H3,(H,18,22)(H,19,23)(H,20,21). The average Bonchev–Trinajstić information content (AvgIpc) is 2.56. The summed E-state index contributed by atoms with van der Waals surface area (Å²) in [4.78, 5) is 34.4. The average molecular weight is 333 g/mol. The van der Waals surface area contributed by atoms with E-state index in [0.717, 1.165) is 11.3 Å². The number of carbonyl (C=O) groups excluding carboxylic acids is 3. The topological polar surface area (TPSA) is 96.5 Å². The van der Waals surface area contributed by atoms with Crippen LogP contribution in [0.3, 0.4) is 0 Å². The Kier molecular flexibility index (Phi) is 6.17. The molecule has 0 aliphatic carbocycles. The fourth-order valence-electron chi connectivity index (χ4n) is 2.24. The lowest BCUT2D eigenvalue weighted by Gasteiger charge is -2.17. The molecule has 0 spiro atoms. The van der Waals surface area contributed by atoms with Gasteiger partial charge in [0.15, 0.2) is 6.61 Å². The molecule has 3 amide bonds. The molecular weight excluding hydrogens is 310 g/mol. The van der Waals surface area contributed by atoms with Crippen molar-refractivity contribution in [2.75, 3.05) is 25.0 Å². The second kappa shape index (κ2) is 8.33. The minimum atomic E-state index is -0.250. The molecule has 1 aromatic rings. The highest BCUT2D eigenvalue weighted by Crippen LogP contribution is 2.26. The summed E-state index contributed by atoms with van der Waals surface area (Å²) >= 11 is 0. The van der Waals surface area contributed by atoms with Gasteiger partial charge in [0.25, 0.3) is 5.91 Å². The van der Waals surface area contributed by atoms with Crippen LogP contribution in [-0.2, 0) is 20.8 Å². The van der Waals surface area contributed by atoms with E-state index in [0.29, 0.717) is 31.7 Å². The Hall–Kier alpha value is -2.57. The maximum Gasteiger partial charge on any atom is 0.258 e. The van der Waals surface area contributed by atoms with Crippen molar-refractivity contribution in [2.45, 2.75) is 26.7 Å². The smallest absolute Gasteiger partial charge is 0.258 e. The highest BCUT2D eigenvalue weighted by Gasteiger charge is 2.15. The first-order valence-electron chi connectivity index (χ1n) is 8.05. The van der Waals surface area contributed by atoms with Crippen LogP contribution < -0.4 is 20.7 Å². The van der Waals surface area contributed by atoms with E-state index in [2.05, 4.69) is 16.0 Å². The Balaban J connectivity index is 1.70. The molecule has 7 nitrogen and oxygen atoms in total. The molecule has 0 fully saturated rings. The number of nitrogens with one attached hydrogen (secondary N) is 3. The number of carbonyl (C=O) groups is 3. The first kappa shape index (κ1) is 17.8. The fourth-order valence-corrected chi connectivity index (χ4v) is 2.24. The van der Waals surface area contributed by atoms with Crippen LogP contribution >= 0.6 is 0 Å². The van der Waals surface area contributed by atoms with Gasteiger partial charge in [0.2, 0.25) is 11.8 Å². The Morgan fingerprint density at radius 2 is 1.96 bits per heavy atom. The molecule has 1 aliphatic rings. The van der Waals surface area contributed by atoms with Gasteiger partial charge in [0.1, 0.15) is 5.75 Å². The summed E-state index contributed by atoms with van der Waals surface area (Å²) in [7, 11) is 0. The van der Waals surface area contributed by atoms with E-state index < -0.39 is 0 Å². The van der Waals surface area contributed by atoms with Crippen molar-refractivity contribution in [1.82, 2.24) is 10.6 Å². The third-order valence-corrected chi connectivity index (χ3v) is 3.61. The molecule has 1 heterocycles. The summed E-state index contributed by atoms with van der Waals surface area (Å²) < 4.78 is 5.46. The number of aryl methyl sites for hydroxylation is 1. The van der Waals surface area contributed by atoms with Gasteiger partial charge in [-0.2, -0.15) is 0 Å². The van der Waals surface area contributed by atoms with E-state index in [4.69, 9.17) is 4.74 Å². The first-order chi connectivity index (χ1) is 11.5. The van der Waals surface area contributed by atoms with Crippen LogP contribution in [0.2, 0.25) is 0 Å². The normalized spacial score (nSPS) is 13.0. The van der Waals surface area contributed by atoms with Crippen LogP contribution in [-0.4, -0.2) is 37.4 Å². The predicted molar refractivity (Wildman–Crippen MR) is 89.7 cm³/mol. The van der Waals surface area contributed by atoms with Crippen molar-refractivity contribution >= 4 is 23.4 Å². The van der Waals surface area contributed by atoms with Crippen molar-refractivity contribution in [1.29, 1.82) is 0 Å². The SMILES string of the molecule is CC(C)C(=O)NCCNC(=O)COc1ccc2c(c1)CCC(=O)N2. The molecule has 0 atom stereocenters. The van der Waals surface area contributed by atoms with Gasteiger partial charge < -0.3 is 20.7 Å². The van der Waals surface area contributed by atoms with Crippen LogP contribution in [0.25, 0.3) is 0 Å². The Bertz CT molecular complexity index is 628. The minimum absolute atomic E-state index is 0.0140. The number of hydrogen-bond donors (Lipinski definition) is 3. The molecule has 2 rings (SSSR count). The van der Waals surface area contributed by atoms with Gasteiger partial charge in [0, 0.05) is 31.1 Å². The first-order valence-corrected chi connectivity index (χ1v) is 8.05. The molecule has 1 aromatic carbocycles. The fraction of sp³-hybridized carbons (Fsp3) is 0.471. The second-order valence-corrected chi connectivity index (χ2v) is 5.95. The Morgan fingerprint density at radius 3 is 2.71 bits per heavy atom. The summed E-state index contributed by atoms with van der Waals surface area (Å²) in [5.74, 6) is 0.243. The van der Waals surface area contributed by atoms with Gasteiger partial charge in [-0.3, -0.25) is 14.4 Å². The van der Waals surface area contributed by atoms with Gasteiger partial charge in [-0.1, -0.05) is 13.8 Å². The summed E-state index contributed by atoms with van der Waals surface area (Å²) in [6.07, 6.45) is 1.12. The molecule has 24 heavy (non-hydrogen) atoms. The summed E-state index contributed by atoms with van der Waals surface area (Å²) in [5.41, 5.74) is 1.80. The Labute approximate surface area is 141 Å².